The number of nitrogens with zero attached hydrogens (tertiary/aromatic N) is 1. The molecule has 2 unspecified atom stereocenters. The Labute approximate surface area is 87.6 Å². The van der Waals surface area contributed by atoms with Crippen LogP contribution in [0.25, 0.3) is 0 Å². The molecule has 1 N–H and O–H groups in total. The predicted octanol–water partition coefficient (Wildman–Crippen LogP) is 0.132. The van der Waals surface area contributed by atoms with Gasteiger partial charge in [-0.2, -0.15) is 0 Å². The number of carbonyl (C=O) groups excluding carboxylic acids is 2. The summed E-state index contributed by atoms with van der Waals surface area (Å²) in [6.07, 6.45) is 4.19. The number of hydrogen-bond acceptors (Lipinski definition) is 3. The maximum atomic E-state index is 11.9. The third-order valence-corrected chi connectivity index (χ3v) is 3.99. The Morgan fingerprint density at radius 3 is 2.73 bits per heavy atom. The third-order valence-electron chi connectivity index (χ3n) is 3.99. The highest BCUT2D eigenvalue weighted by molar-refractivity contribution is 5.98. The van der Waals surface area contributed by atoms with E-state index in [1.165, 1.54) is 6.92 Å². The van der Waals surface area contributed by atoms with E-state index in [4.69, 9.17) is 0 Å². The highest BCUT2D eigenvalue weighted by Crippen LogP contribution is 2.53. The minimum atomic E-state index is -0.903. The van der Waals surface area contributed by atoms with Crippen molar-refractivity contribution in [2.75, 3.05) is 0 Å². The molecule has 0 aromatic heterocycles. The van der Waals surface area contributed by atoms with E-state index < -0.39 is 6.23 Å². The van der Waals surface area contributed by atoms with E-state index in [0.717, 1.165) is 11.3 Å². The van der Waals surface area contributed by atoms with E-state index in [-0.39, 0.29) is 35.5 Å². The maximum Gasteiger partial charge on any atom is 0.235 e. The van der Waals surface area contributed by atoms with Crippen LogP contribution in [0.4, 0.5) is 0 Å². The second-order valence-corrected chi connectivity index (χ2v) is 4.69. The Hall–Kier alpha value is -1.16. The van der Waals surface area contributed by atoms with Gasteiger partial charge in [-0.1, -0.05) is 12.2 Å². The summed E-state index contributed by atoms with van der Waals surface area (Å²) in [5.41, 5.74) is 0. The number of carbonyl (C=O) groups is 2. The second kappa shape index (κ2) is 2.70. The molecule has 1 aliphatic heterocycles. The number of fused-ring (bicyclic) bond motifs is 5. The average molecular weight is 207 g/mol. The maximum absolute atomic E-state index is 11.9. The molecule has 2 aliphatic carbocycles. The SMILES string of the molecule is CC(=O)N1C(=O)C2C([C@@H]3C=C[C@H]2C3)[C@@H]1O. The summed E-state index contributed by atoms with van der Waals surface area (Å²) < 4.78 is 0. The van der Waals surface area contributed by atoms with Gasteiger partial charge in [-0.05, 0) is 18.3 Å². The van der Waals surface area contributed by atoms with Crippen molar-refractivity contribution >= 4 is 11.8 Å². The lowest BCUT2D eigenvalue weighted by molar-refractivity contribution is -0.150. The van der Waals surface area contributed by atoms with Crippen molar-refractivity contribution in [3.63, 3.8) is 0 Å². The first kappa shape index (κ1) is 9.09. The van der Waals surface area contributed by atoms with Crippen molar-refractivity contribution in [1.82, 2.24) is 4.90 Å². The van der Waals surface area contributed by atoms with Crippen molar-refractivity contribution in [3.05, 3.63) is 12.2 Å². The van der Waals surface area contributed by atoms with Gasteiger partial charge in [-0.15, -0.1) is 0 Å². The molecule has 1 saturated heterocycles. The van der Waals surface area contributed by atoms with Crippen molar-refractivity contribution < 1.29 is 14.7 Å². The van der Waals surface area contributed by atoms with Crippen molar-refractivity contribution in [2.24, 2.45) is 23.7 Å². The Morgan fingerprint density at radius 2 is 2.13 bits per heavy atom. The predicted molar refractivity (Wildman–Crippen MR) is 51.3 cm³/mol. The molecule has 0 spiro atoms. The quantitative estimate of drug-likeness (QED) is 0.574. The van der Waals surface area contributed by atoms with Crippen LogP contribution in [0, 0.1) is 23.7 Å². The van der Waals surface area contributed by atoms with Crippen LogP contribution in [0.15, 0.2) is 12.2 Å². The van der Waals surface area contributed by atoms with Crippen LogP contribution >= 0.6 is 0 Å². The average Bonchev–Trinajstić information content (AvgIpc) is 2.79. The van der Waals surface area contributed by atoms with Crippen LogP contribution in [-0.2, 0) is 9.59 Å². The number of likely N-dealkylation sites (tertiary alicyclic amines) is 1. The van der Waals surface area contributed by atoms with Gasteiger partial charge in [0, 0.05) is 12.8 Å². The molecule has 0 aromatic carbocycles. The lowest BCUT2D eigenvalue weighted by Gasteiger charge is -2.22. The number of amides is 2. The molecule has 80 valence electrons. The summed E-state index contributed by atoms with van der Waals surface area (Å²) >= 11 is 0. The largest absolute Gasteiger partial charge is 0.373 e. The van der Waals surface area contributed by atoms with Crippen LogP contribution in [0.2, 0.25) is 0 Å². The minimum absolute atomic E-state index is 0.0589. The van der Waals surface area contributed by atoms with E-state index in [0.29, 0.717) is 0 Å². The fraction of sp³-hybridized carbons (Fsp3) is 0.636. The highest BCUT2D eigenvalue weighted by atomic mass is 16.3. The van der Waals surface area contributed by atoms with E-state index in [2.05, 4.69) is 12.2 Å². The summed E-state index contributed by atoms with van der Waals surface area (Å²) in [6.45, 7) is 1.33. The molecule has 3 rings (SSSR count). The Balaban J connectivity index is 1.99. The van der Waals surface area contributed by atoms with Crippen molar-refractivity contribution in [1.29, 1.82) is 0 Å². The fourth-order valence-electron chi connectivity index (χ4n) is 3.42. The number of imide groups is 1. The van der Waals surface area contributed by atoms with Gasteiger partial charge >= 0.3 is 0 Å². The Morgan fingerprint density at radius 1 is 1.47 bits per heavy atom. The van der Waals surface area contributed by atoms with Gasteiger partial charge in [0.25, 0.3) is 0 Å². The summed E-state index contributed by atoms with van der Waals surface area (Å²) in [5.74, 6) is -0.219. The molecule has 2 amide bonds. The number of aliphatic hydroxyl groups excluding tert-OH is 1. The molecule has 2 bridgehead atoms. The molecule has 1 heterocycles. The van der Waals surface area contributed by atoms with Crippen LogP contribution < -0.4 is 0 Å². The normalized spacial score (nSPS) is 46.4. The van der Waals surface area contributed by atoms with E-state index in [1.807, 2.05) is 0 Å². The molecular formula is C11H13NO3. The Bertz CT molecular complexity index is 376. The van der Waals surface area contributed by atoms with Gasteiger partial charge in [0.05, 0.1) is 5.92 Å². The first-order valence-corrected chi connectivity index (χ1v) is 5.31. The number of hydrogen-bond donors (Lipinski definition) is 1. The van der Waals surface area contributed by atoms with Gasteiger partial charge in [-0.3, -0.25) is 14.5 Å². The van der Waals surface area contributed by atoms with Gasteiger partial charge in [0.15, 0.2) is 0 Å². The standard InChI is InChI=1S/C11H13NO3/c1-5(13)12-10(14)8-6-2-3-7(4-6)9(8)11(12)15/h2-3,6-10,14H,4H2,1H3/t6-,7+,8?,9?,10+/m1/s1. The number of rotatable bonds is 0. The summed E-state index contributed by atoms with van der Waals surface area (Å²) in [7, 11) is 0. The highest BCUT2D eigenvalue weighted by Gasteiger charge is 2.59. The van der Waals surface area contributed by atoms with Gasteiger partial charge < -0.3 is 5.11 Å². The van der Waals surface area contributed by atoms with E-state index in [9.17, 15) is 14.7 Å². The minimum Gasteiger partial charge on any atom is -0.373 e. The van der Waals surface area contributed by atoms with Crippen LogP contribution in [-0.4, -0.2) is 28.0 Å². The fourth-order valence-corrected chi connectivity index (χ4v) is 3.42. The lowest BCUT2D eigenvalue weighted by Crippen LogP contribution is -2.40. The molecule has 15 heavy (non-hydrogen) atoms. The van der Waals surface area contributed by atoms with Crippen molar-refractivity contribution in [2.45, 2.75) is 19.6 Å². The molecule has 0 aromatic rings. The monoisotopic (exact) mass is 207 g/mol. The molecule has 4 nitrogen and oxygen atoms in total. The number of aliphatic hydroxyl groups is 1. The molecule has 1 saturated carbocycles. The van der Waals surface area contributed by atoms with Crippen molar-refractivity contribution in [3.8, 4) is 0 Å². The van der Waals surface area contributed by atoms with Crippen LogP contribution in [0.3, 0.4) is 0 Å². The van der Waals surface area contributed by atoms with Crippen LogP contribution in [0.1, 0.15) is 13.3 Å². The molecule has 2 fully saturated rings. The topological polar surface area (TPSA) is 57.6 Å². The second-order valence-electron chi connectivity index (χ2n) is 4.69. The smallest absolute Gasteiger partial charge is 0.235 e. The van der Waals surface area contributed by atoms with Gasteiger partial charge in [0.2, 0.25) is 11.8 Å². The molecular weight excluding hydrogens is 194 g/mol. The summed E-state index contributed by atoms with van der Waals surface area (Å²) in [5, 5.41) is 9.97. The molecule has 4 heteroatoms. The van der Waals surface area contributed by atoms with E-state index in [1.54, 1.807) is 0 Å². The van der Waals surface area contributed by atoms with Crippen LogP contribution in [0.5, 0.6) is 0 Å². The lowest BCUT2D eigenvalue weighted by atomic mass is 9.85. The summed E-state index contributed by atoms with van der Waals surface area (Å²) in [6, 6.07) is 0. The van der Waals surface area contributed by atoms with Gasteiger partial charge in [-0.25, -0.2) is 0 Å². The molecule has 5 atom stereocenters. The van der Waals surface area contributed by atoms with E-state index >= 15 is 0 Å². The zero-order chi connectivity index (χ0) is 10.7. The summed E-state index contributed by atoms with van der Waals surface area (Å²) in [4.78, 5) is 24.2. The molecule has 0 radical (unpaired) electrons. The number of allylic oxidation sites excluding steroid dienone is 2. The van der Waals surface area contributed by atoms with Gasteiger partial charge in [0.1, 0.15) is 6.23 Å². The zero-order valence-corrected chi connectivity index (χ0v) is 8.46. The third kappa shape index (κ3) is 0.951. The first-order valence-electron chi connectivity index (χ1n) is 5.31. The zero-order valence-electron chi connectivity index (χ0n) is 8.46. The Kier molecular flexibility index (Phi) is 1.63. The first-order chi connectivity index (χ1) is 7.11. The molecule has 3 aliphatic rings.